The maximum absolute atomic E-state index is 13.0. The zero-order valence-electron chi connectivity index (χ0n) is 16.0. The molecule has 6 nitrogen and oxygen atoms in total. The van der Waals surface area contributed by atoms with Gasteiger partial charge in [-0.1, -0.05) is 35.0 Å². The summed E-state index contributed by atoms with van der Waals surface area (Å²) in [5.41, 5.74) is -0.486. The highest BCUT2D eigenvalue weighted by Crippen LogP contribution is 2.31. The van der Waals surface area contributed by atoms with Gasteiger partial charge < -0.3 is 10.2 Å². The molecular weight excluding hydrogens is 410 g/mol. The number of amides is 4. The third kappa shape index (κ3) is 3.88. The van der Waals surface area contributed by atoms with Gasteiger partial charge in [0, 0.05) is 17.6 Å². The molecule has 1 N–H and O–H groups in total. The van der Waals surface area contributed by atoms with Gasteiger partial charge in [-0.2, -0.15) is 0 Å². The van der Waals surface area contributed by atoms with Gasteiger partial charge >= 0.3 is 6.03 Å². The quantitative estimate of drug-likeness (QED) is 0.737. The van der Waals surface area contributed by atoms with Crippen molar-refractivity contribution in [3.63, 3.8) is 0 Å². The molecule has 1 unspecified atom stereocenters. The van der Waals surface area contributed by atoms with Crippen molar-refractivity contribution in [1.29, 1.82) is 0 Å². The zero-order chi connectivity index (χ0) is 19.8. The molecule has 3 rings (SSSR count). The molecule has 146 valence electrons. The monoisotopic (exact) mass is 435 g/mol. The Bertz CT molecular complexity index is 761. The largest absolute Gasteiger partial charge is 0.341 e. The average molecular weight is 436 g/mol. The van der Waals surface area contributed by atoms with E-state index in [4.69, 9.17) is 0 Å². The van der Waals surface area contributed by atoms with Crippen LogP contribution in [0.25, 0.3) is 0 Å². The Morgan fingerprint density at radius 2 is 1.96 bits per heavy atom. The number of rotatable bonds is 4. The van der Waals surface area contributed by atoms with E-state index in [1.54, 1.807) is 31.0 Å². The third-order valence-electron chi connectivity index (χ3n) is 5.90. The molecule has 1 aliphatic heterocycles. The van der Waals surface area contributed by atoms with Gasteiger partial charge in [0.05, 0.1) is 0 Å². The normalized spacial score (nSPS) is 28.2. The smallest absolute Gasteiger partial charge is 0.325 e. The van der Waals surface area contributed by atoms with Crippen LogP contribution in [0.1, 0.15) is 45.1 Å². The van der Waals surface area contributed by atoms with Crippen molar-refractivity contribution in [2.24, 2.45) is 5.92 Å². The summed E-state index contributed by atoms with van der Waals surface area (Å²) in [6, 6.07) is 6.93. The Labute approximate surface area is 168 Å². The molecule has 1 heterocycles. The van der Waals surface area contributed by atoms with Crippen LogP contribution in [0, 0.1) is 5.92 Å². The van der Waals surface area contributed by atoms with Crippen molar-refractivity contribution in [3.05, 3.63) is 34.3 Å². The van der Waals surface area contributed by atoms with Crippen LogP contribution in [-0.4, -0.2) is 47.3 Å². The summed E-state index contributed by atoms with van der Waals surface area (Å²) in [6.07, 6.45) is 4.15. The second-order valence-electron chi connectivity index (χ2n) is 7.88. The summed E-state index contributed by atoms with van der Waals surface area (Å²) in [7, 11) is 1.77. The number of hydrogen-bond acceptors (Lipinski definition) is 3. The van der Waals surface area contributed by atoms with Crippen molar-refractivity contribution in [2.45, 2.75) is 51.1 Å². The van der Waals surface area contributed by atoms with Crippen LogP contribution in [0.15, 0.2) is 28.7 Å². The SMILES string of the molecule is CC1CCC(N(C)C(=O)CN2C(=O)NC(C)(c3cccc(Br)c3)C2=O)CC1. The fourth-order valence-corrected chi connectivity index (χ4v) is 4.32. The Morgan fingerprint density at radius 3 is 2.59 bits per heavy atom. The molecular formula is C20H26BrN3O3. The van der Waals surface area contributed by atoms with Crippen LogP contribution >= 0.6 is 15.9 Å². The van der Waals surface area contributed by atoms with E-state index in [2.05, 4.69) is 28.2 Å². The molecule has 2 aliphatic rings. The average Bonchev–Trinajstić information content (AvgIpc) is 2.86. The number of nitrogens with one attached hydrogen (secondary N) is 1. The van der Waals surface area contributed by atoms with Gasteiger partial charge in [-0.25, -0.2) is 4.79 Å². The third-order valence-corrected chi connectivity index (χ3v) is 6.39. The van der Waals surface area contributed by atoms with Crippen LogP contribution in [0.2, 0.25) is 0 Å². The van der Waals surface area contributed by atoms with Crippen molar-refractivity contribution in [1.82, 2.24) is 15.1 Å². The number of benzene rings is 1. The van der Waals surface area contributed by atoms with Crippen molar-refractivity contribution >= 4 is 33.8 Å². The lowest BCUT2D eigenvalue weighted by Gasteiger charge is -2.34. The fourth-order valence-electron chi connectivity index (χ4n) is 3.92. The van der Waals surface area contributed by atoms with Crippen LogP contribution in [0.3, 0.4) is 0 Å². The Hall–Kier alpha value is -1.89. The van der Waals surface area contributed by atoms with E-state index < -0.39 is 17.5 Å². The highest BCUT2D eigenvalue weighted by atomic mass is 79.9. The number of nitrogens with zero attached hydrogens (tertiary/aromatic N) is 2. The van der Waals surface area contributed by atoms with E-state index in [-0.39, 0.29) is 18.5 Å². The molecule has 1 saturated carbocycles. The van der Waals surface area contributed by atoms with Crippen LogP contribution in [-0.2, 0) is 15.1 Å². The maximum Gasteiger partial charge on any atom is 0.325 e. The molecule has 1 atom stereocenters. The number of carbonyl (C=O) groups excluding carboxylic acids is 3. The first-order valence-electron chi connectivity index (χ1n) is 9.38. The second kappa shape index (κ2) is 7.62. The molecule has 0 bridgehead atoms. The molecule has 1 aromatic rings. The van der Waals surface area contributed by atoms with Crippen LogP contribution < -0.4 is 5.32 Å². The number of likely N-dealkylation sites (N-methyl/N-ethyl adjacent to an activating group) is 1. The van der Waals surface area contributed by atoms with E-state index in [1.165, 1.54) is 0 Å². The molecule has 27 heavy (non-hydrogen) atoms. The summed E-state index contributed by atoms with van der Waals surface area (Å²) in [6.45, 7) is 3.68. The molecule has 4 amide bonds. The van der Waals surface area contributed by atoms with E-state index in [0.717, 1.165) is 35.1 Å². The zero-order valence-corrected chi connectivity index (χ0v) is 17.6. The lowest BCUT2D eigenvalue weighted by Crippen LogP contribution is -2.47. The molecule has 1 aliphatic carbocycles. The lowest BCUT2D eigenvalue weighted by molar-refractivity contribution is -0.139. The minimum Gasteiger partial charge on any atom is -0.341 e. The summed E-state index contributed by atoms with van der Waals surface area (Å²) in [4.78, 5) is 40.9. The van der Waals surface area contributed by atoms with Gasteiger partial charge in [0.25, 0.3) is 5.91 Å². The summed E-state index contributed by atoms with van der Waals surface area (Å²) in [5, 5.41) is 2.75. The van der Waals surface area contributed by atoms with E-state index >= 15 is 0 Å². The van der Waals surface area contributed by atoms with Gasteiger partial charge in [-0.15, -0.1) is 0 Å². The van der Waals surface area contributed by atoms with Crippen LogP contribution in [0.4, 0.5) is 4.79 Å². The Balaban J connectivity index is 1.71. The molecule has 0 spiro atoms. The molecule has 0 aromatic heterocycles. The highest BCUT2D eigenvalue weighted by Gasteiger charge is 2.49. The Kier molecular flexibility index (Phi) is 5.60. The molecule has 7 heteroatoms. The number of hydrogen-bond donors (Lipinski definition) is 1. The predicted molar refractivity (Wildman–Crippen MR) is 106 cm³/mol. The van der Waals surface area contributed by atoms with Crippen molar-refractivity contribution < 1.29 is 14.4 Å². The Morgan fingerprint density at radius 1 is 1.30 bits per heavy atom. The number of halogens is 1. The maximum atomic E-state index is 13.0. The first-order valence-corrected chi connectivity index (χ1v) is 10.2. The lowest BCUT2D eigenvalue weighted by atomic mass is 9.87. The minimum atomic E-state index is -1.17. The molecule has 2 fully saturated rings. The standard InChI is InChI=1S/C20H26BrN3O3/c1-13-7-9-16(10-8-13)23(3)17(25)12-24-18(26)20(2,22-19(24)27)14-5-4-6-15(21)11-14/h4-6,11,13,16H,7-10,12H2,1-3H3,(H,22,27). The molecule has 1 saturated heterocycles. The topological polar surface area (TPSA) is 69.7 Å². The van der Waals surface area contributed by atoms with Gasteiger partial charge in [0.15, 0.2) is 0 Å². The predicted octanol–water partition coefficient (Wildman–Crippen LogP) is 3.25. The summed E-state index contributed by atoms with van der Waals surface area (Å²) in [5.74, 6) is 0.0998. The molecule has 0 radical (unpaired) electrons. The number of urea groups is 1. The fraction of sp³-hybridized carbons (Fsp3) is 0.550. The highest BCUT2D eigenvalue weighted by molar-refractivity contribution is 9.10. The first kappa shape index (κ1) is 19.9. The minimum absolute atomic E-state index is 0.186. The first-order chi connectivity index (χ1) is 12.7. The molecule has 1 aromatic carbocycles. The second-order valence-corrected chi connectivity index (χ2v) is 8.79. The van der Waals surface area contributed by atoms with Gasteiger partial charge in [0.2, 0.25) is 5.91 Å². The summed E-state index contributed by atoms with van der Waals surface area (Å²) >= 11 is 3.39. The van der Waals surface area contributed by atoms with Crippen molar-refractivity contribution in [2.75, 3.05) is 13.6 Å². The summed E-state index contributed by atoms with van der Waals surface area (Å²) < 4.78 is 0.823. The van der Waals surface area contributed by atoms with Gasteiger partial charge in [0.1, 0.15) is 12.1 Å². The van der Waals surface area contributed by atoms with E-state index in [1.807, 2.05) is 12.1 Å². The van der Waals surface area contributed by atoms with E-state index in [0.29, 0.717) is 11.5 Å². The van der Waals surface area contributed by atoms with E-state index in [9.17, 15) is 14.4 Å². The van der Waals surface area contributed by atoms with Gasteiger partial charge in [-0.3, -0.25) is 14.5 Å². The number of imide groups is 1. The van der Waals surface area contributed by atoms with Crippen LogP contribution in [0.5, 0.6) is 0 Å². The van der Waals surface area contributed by atoms with Gasteiger partial charge in [-0.05, 0) is 56.2 Å². The van der Waals surface area contributed by atoms with Crippen molar-refractivity contribution in [3.8, 4) is 0 Å². The number of carbonyl (C=O) groups is 3.